The molecule has 7 nitrogen and oxygen atoms in total. The van der Waals surface area contributed by atoms with Crippen LogP contribution < -0.4 is 9.80 Å². The maximum Gasteiger partial charge on any atom is 0.227 e. The van der Waals surface area contributed by atoms with E-state index in [1.807, 2.05) is 12.3 Å². The van der Waals surface area contributed by atoms with Gasteiger partial charge in [0.05, 0.1) is 23.9 Å². The average molecular weight is 389 g/mol. The lowest BCUT2D eigenvalue weighted by atomic mass is 10.0. The molecule has 0 N–H and O–H groups in total. The Morgan fingerprint density at radius 2 is 2.11 bits per heavy atom. The normalized spacial score (nSPS) is 21.4. The largest absolute Gasteiger partial charge is 0.378 e. The van der Waals surface area contributed by atoms with E-state index in [4.69, 9.17) is 9.72 Å². The van der Waals surface area contributed by atoms with E-state index in [2.05, 4.69) is 44.0 Å². The fraction of sp³-hybridized carbons (Fsp3) is 0.632. The Balaban J connectivity index is 1.41. The van der Waals surface area contributed by atoms with Crippen molar-refractivity contribution < 1.29 is 4.74 Å². The van der Waals surface area contributed by atoms with Crippen molar-refractivity contribution in [2.24, 2.45) is 0 Å². The van der Waals surface area contributed by atoms with Gasteiger partial charge < -0.3 is 14.5 Å². The zero-order valence-electron chi connectivity index (χ0n) is 16.2. The van der Waals surface area contributed by atoms with Gasteiger partial charge in [-0.05, 0) is 32.4 Å². The summed E-state index contributed by atoms with van der Waals surface area (Å²) in [6.45, 7) is 8.48. The molecule has 0 spiro atoms. The fourth-order valence-corrected chi connectivity index (χ4v) is 4.45. The van der Waals surface area contributed by atoms with Crippen LogP contribution in [-0.4, -0.2) is 72.3 Å². The van der Waals surface area contributed by atoms with Crippen LogP contribution in [0.5, 0.6) is 0 Å². The van der Waals surface area contributed by atoms with E-state index in [9.17, 15) is 0 Å². The van der Waals surface area contributed by atoms with Crippen molar-refractivity contribution in [2.45, 2.75) is 32.4 Å². The van der Waals surface area contributed by atoms with Crippen LogP contribution in [0.4, 0.5) is 11.8 Å². The maximum absolute atomic E-state index is 5.45. The Labute approximate surface area is 165 Å². The number of aromatic nitrogens is 3. The van der Waals surface area contributed by atoms with Crippen molar-refractivity contribution in [2.75, 3.05) is 56.2 Å². The number of ether oxygens (including phenoxy) is 1. The topological polar surface area (TPSA) is 57.6 Å². The summed E-state index contributed by atoms with van der Waals surface area (Å²) in [6.07, 6.45) is 4.25. The first-order valence-corrected chi connectivity index (χ1v) is 10.6. The number of likely N-dealkylation sites (tertiary alicyclic amines) is 1. The Bertz CT molecular complexity index is 747. The average Bonchev–Trinajstić information content (AvgIpc) is 3.13. The van der Waals surface area contributed by atoms with E-state index in [1.165, 1.54) is 18.5 Å². The van der Waals surface area contributed by atoms with E-state index < -0.39 is 0 Å². The number of likely N-dealkylation sites (N-methyl/N-ethyl adjacent to an activating group) is 1. The fourth-order valence-electron chi connectivity index (χ4n) is 3.84. The first kappa shape index (κ1) is 18.6. The summed E-state index contributed by atoms with van der Waals surface area (Å²) in [5.41, 5.74) is 1.19. The first-order chi connectivity index (χ1) is 13.2. The van der Waals surface area contributed by atoms with Crippen LogP contribution in [0.3, 0.4) is 0 Å². The van der Waals surface area contributed by atoms with Crippen molar-refractivity contribution in [1.82, 2.24) is 19.9 Å². The van der Waals surface area contributed by atoms with E-state index in [-0.39, 0.29) is 0 Å². The molecule has 0 amide bonds. The van der Waals surface area contributed by atoms with Gasteiger partial charge in [0.25, 0.3) is 0 Å². The molecule has 2 aliphatic heterocycles. The smallest absolute Gasteiger partial charge is 0.227 e. The van der Waals surface area contributed by atoms with Gasteiger partial charge in [-0.15, -0.1) is 11.3 Å². The van der Waals surface area contributed by atoms with Crippen LogP contribution in [0, 0.1) is 6.92 Å². The van der Waals surface area contributed by atoms with E-state index >= 15 is 0 Å². The molecule has 4 heterocycles. The molecule has 4 rings (SSSR count). The summed E-state index contributed by atoms with van der Waals surface area (Å²) < 4.78 is 5.45. The van der Waals surface area contributed by atoms with Crippen LogP contribution in [0.15, 0.2) is 17.6 Å². The third-order valence-corrected chi connectivity index (χ3v) is 6.18. The SMILES string of the molecule is Cc1nc(CN2CCCC(N(C)c3nccc(N4CCOCC4)n3)C2)cs1. The van der Waals surface area contributed by atoms with Crippen molar-refractivity contribution in [3.8, 4) is 0 Å². The highest BCUT2D eigenvalue weighted by atomic mass is 32.1. The molecule has 0 aromatic carbocycles. The van der Waals surface area contributed by atoms with Gasteiger partial charge in [0.2, 0.25) is 5.95 Å². The Morgan fingerprint density at radius 1 is 1.26 bits per heavy atom. The van der Waals surface area contributed by atoms with Gasteiger partial charge >= 0.3 is 0 Å². The quantitative estimate of drug-likeness (QED) is 0.778. The van der Waals surface area contributed by atoms with E-state index in [0.29, 0.717) is 6.04 Å². The van der Waals surface area contributed by atoms with E-state index in [1.54, 1.807) is 11.3 Å². The summed E-state index contributed by atoms with van der Waals surface area (Å²) in [7, 11) is 2.12. The molecule has 0 radical (unpaired) electrons. The van der Waals surface area contributed by atoms with Crippen molar-refractivity contribution in [3.05, 3.63) is 28.3 Å². The third-order valence-electron chi connectivity index (χ3n) is 5.36. The van der Waals surface area contributed by atoms with Crippen LogP contribution in [0.1, 0.15) is 23.5 Å². The number of piperidine rings is 1. The number of rotatable bonds is 5. The van der Waals surface area contributed by atoms with Gasteiger partial charge in [0, 0.05) is 50.8 Å². The van der Waals surface area contributed by atoms with Crippen LogP contribution >= 0.6 is 11.3 Å². The summed E-state index contributed by atoms with van der Waals surface area (Å²) in [6, 6.07) is 2.43. The van der Waals surface area contributed by atoms with Gasteiger partial charge in [0.1, 0.15) is 5.82 Å². The Hall–Kier alpha value is -1.77. The number of thiazole rings is 1. The molecule has 0 saturated carbocycles. The number of hydrogen-bond acceptors (Lipinski definition) is 8. The van der Waals surface area contributed by atoms with Crippen molar-refractivity contribution >= 4 is 23.1 Å². The monoisotopic (exact) mass is 388 g/mol. The molecule has 2 saturated heterocycles. The molecule has 0 aliphatic carbocycles. The van der Waals surface area contributed by atoms with E-state index in [0.717, 1.165) is 62.7 Å². The summed E-state index contributed by atoms with van der Waals surface area (Å²) in [5.74, 6) is 1.82. The lowest BCUT2D eigenvalue weighted by Crippen LogP contribution is -2.47. The number of anilines is 2. The molecule has 0 bridgehead atoms. The van der Waals surface area contributed by atoms with Gasteiger partial charge in [-0.2, -0.15) is 4.98 Å². The summed E-state index contributed by atoms with van der Waals surface area (Å²) >= 11 is 1.73. The molecule has 8 heteroatoms. The molecule has 27 heavy (non-hydrogen) atoms. The summed E-state index contributed by atoms with van der Waals surface area (Å²) in [5, 5.41) is 3.32. The molecule has 2 aromatic heterocycles. The second-order valence-corrected chi connectivity index (χ2v) is 8.38. The molecule has 2 aromatic rings. The first-order valence-electron chi connectivity index (χ1n) is 9.71. The Kier molecular flexibility index (Phi) is 5.85. The lowest BCUT2D eigenvalue weighted by Gasteiger charge is -2.37. The number of morpholine rings is 1. The molecule has 2 aliphatic rings. The van der Waals surface area contributed by atoms with Gasteiger partial charge in [0.15, 0.2) is 0 Å². The predicted octanol–water partition coefficient (Wildman–Crippen LogP) is 2.18. The number of hydrogen-bond donors (Lipinski definition) is 0. The number of aryl methyl sites for hydroxylation is 1. The summed E-state index contributed by atoms with van der Waals surface area (Å²) in [4.78, 5) is 21.0. The molecule has 1 unspecified atom stereocenters. The zero-order chi connectivity index (χ0) is 18.6. The minimum atomic E-state index is 0.429. The minimum Gasteiger partial charge on any atom is -0.378 e. The molecule has 2 fully saturated rings. The van der Waals surface area contributed by atoms with Gasteiger partial charge in [-0.1, -0.05) is 0 Å². The zero-order valence-corrected chi connectivity index (χ0v) is 17.0. The maximum atomic E-state index is 5.45. The highest BCUT2D eigenvalue weighted by molar-refractivity contribution is 7.09. The molecular formula is C19H28N6OS. The number of nitrogens with zero attached hydrogens (tertiary/aromatic N) is 6. The van der Waals surface area contributed by atoms with Crippen LogP contribution in [0.25, 0.3) is 0 Å². The lowest BCUT2D eigenvalue weighted by molar-refractivity contribution is 0.122. The van der Waals surface area contributed by atoms with Crippen molar-refractivity contribution in [1.29, 1.82) is 0 Å². The Morgan fingerprint density at radius 3 is 2.89 bits per heavy atom. The molecular weight excluding hydrogens is 360 g/mol. The highest BCUT2D eigenvalue weighted by Crippen LogP contribution is 2.22. The third kappa shape index (κ3) is 4.56. The van der Waals surface area contributed by atoms with Crippen LogP contribution in [0.2, 0.25) is 0 Å². The highest BCUT2D eigenvalue weighted by Gasteiger charge is 2.25. The minimum absolute atomic E-state index is 0.429. The van der Waals surface area contributed by atoms with Crippen LogP contribution in [-0.2, 0) is 11.3 Å². The van der Waals surface area contributed by atoms with Gasteiger partial charge in [-0.3, -0.25) is 4.90 Å². The van der Waals surface area contributed by atoms with Gasteiger partial charge in [-0.25, -0.2) is 9.97 Å². The standard InChI is InChI=1S/C19H28N6OS/c1-15-21-16(14-27-15)12-24-7-3-4-17(13-24)23(2)19-20-6-5-18(22-19)25-8-10-26-11-9-25/h5-6,14,17H,3-4,7-13H2,1-2H3. The second kappa shape index (κ2) is 8.50. The molecule has 146 valence electrons. The predicted molar refractivity (Wildman–Crippen MR) is 109 cm³/mol. The molecule has 1 atom stereocenters. The van der Waals surface area contributed by atoms with Crippen molar-refractivity contribution in [3.63, 3.8) is 0 Å². The second-order valence-electron chi connectivity index (χ2n) is 7.31.